The zero-order valence-electron chi connectivity index (χ0n) is 10.8. The molecule has 0 unspecified atom stereocenters. The van der Waals surface area contributed by atoms with Gasteiger partial charge in [0.25, 0.3) is 0 Å². The number of thioether (sulfide) groups is 1. The third-order valence-corrected chi connectivity index (χ3v) is 5.24. The Labute approximate surface area is 134 Å². The number of nitrogens with zero attached hydrogens (tertiary/aromatic N) is 2. The summed E-state index contributed by atoms with van der Waals surface area (Å²) in [7, 11) is 0. The Balaban J connectivity index is 1.77. The molecule has 0 amide bonds. The fourth-order valence-electron chi connectivity index (χ4n) is 1.86. The standard InChI is InChI=1S/C14H12BrN3S2/c1-19-14-18-12-3-2-11(5-13(12)20-14)17-7-9-4-10(15)8-16-6-9/h2-6,8,17H,7H2,1H3. The highest BCUT2D eigenvalue weighted by Gasteiger charge is 2.04. The van der Waals surface area contributed by atoms with Crippen molar-refractivity contribution in [1.82, 2.24) is 9.97 Å². The van der Waals surface area contributed by atoms with E-state index in [9.17, 15) is 0 Å². The van der Waals surface area contributed by atoms with Crippen LogP contribution in [-0.4, -0.2) is 16.2 Å². The van der Waals surface area contributed by atoms with Crippen LogP contribution in [0.5, 0.6) is 0 Å². The Morgan fingerprint density at radius 2 is 2.20 bits per heavy atom. The molecule has 6 heteroatoms. The van der Waals surface area contributed by atoms with Gasteiger partial charge in [0, 0.05) is 29.1 Å². The minimum absolute atomic E-state index is 0.756. The molecule has 0 saturated carbocycles. The maximum absolute atomic E-state index is 4.54. The quantitative estimate of drug-likeness (QED) is 0.674. The third-order valence-electron chi connectivity index (χ3n) is 2.80. The molecule has 0 spiro atoms. The number of thiazole rings is 1. The van der Waals surface area contributed by atoms with E-state index < -0.39 is 0 Å². The second-order valence-corrected chi connectivity index (χ2v) is 7.23. The van der Waals surface area contributed by atoms with Gasteiger partial charge in [-0.05, 0) is 52.0 Å². The largest absolute Gasteiger partial charge is 0.381 e. The molecule has 2 aromatic heterocycles. The van der Waals surface area contributed by atoms with Crippen molar-refractivity contribution in [2.24, 2.45) is 0 Å². The molecule has 0 aliphatic carbocycles. The van der Waals surface area contributed by atoms with E-state index in [1.165, 1.54) is 4.70 Å². The molecular formula is C14H12BrN3S2. The number of rotatable bonds is 4. The van der Waals surface area contributed by atoms with Gasteiger partial charge >= 0.3 is 0 Å². The van der Waals surface area contributed by atoms with E-state index in [4.69, 9.17) is 0 Å². The fraction of sp³-hybridized carbons (Fsp3) is 0.143. The van der Waals surface area contributed by atoms with Crippen molar-refractivity contribution < 1.29 is 0 Å². The zero-order chi connectivity index (χ0) is 13.9. The molecule has 1 aromatic carbocycles. The van der Waals surface area contributed by atoms with E-state index in [2.05, 4.69) is 61.7 Å². The van der Waals surface area contributed by atoms with Crippen LogP contribution >= 0.6 is 39.0 Å². The van der Waals surface area contributed by atoms with Crippen LogP contribution in [0.25, 0.3) is 10.2 Å². The highest BCUT2D eigenvalue weighted by molar-refractivity contribution is 9.10. The number of anilines is 1. The van der Waals surface area contributed by atoms with Crippen LogP contribution in [0.15, 0.2) is 45.5 Å². The predicted molar refractivity (Wildman–Crippen MR) is 90.7 cm³/mol. The smallest absolute Gasteiger partial charge is 0.150 e. The van der Waals surface area contributed by atoms with Crippen LogP contribution in [-0.2, 0) is 6.54 Å². The second kappa shape index (κ2) is 6.11. The number of hydrogen-bond acceptors (Lipinski definition) is 5. The number of pyridine rings is 1. The van der Waals surface area contributed by atoms with Gasteiger partial charge in [-0.25, -0.2) is 4.98 Å². The first kappa shape index (κ1) is 13.9. The third kappa shape index (κ3) is 3.13. The SMILES string of the molecule is CSc1nc2ccc(NCc3cncc(Br)c3)cc2s1. The normalized spacial score (nSPS) is 10.9. The van der Waals surface area contributed by atoms with Crippen molar-refractivity contribution in [3.63, 3.8) is 0 Å². The van der Waals surface area contributed by atoms with Gasteiger partial charge < -0.3 is 5.32 Å². The summed E-state index contributed by atoms with van der Waals surface area (Å²) >= 11 is 6.85. The van der Waals surface area contributed by atoms with Crippen molar-refractivity contribution in [3.8, 4) is 0 Å². The molecule has 0 aliphatic heterocycles. The van der Waals surface area contributed by atoms with Gasteiger partial charge in [-0.2, -0.15) is 0 Å². The number of nitrogens with one attached hydrogen (secondary N) is 1. The summed E-state index contributed by atoms with van der Waals surface area (Å²) in [6.07, 6.45) is 5.71. The Morgan fingerprint density at radius 3 is 3.00 bits per heavy atom. The van der Waals surface area contributed by atoms with E-state index in [1.54, 1.807) is 29.3 Å². The first-order valence-corrected chi connectivity index (χ1v) is 8.86. The van der Waals surface area contributed by atoms with Gasteiger partial charge in [0.1, 0.15) is 0 Å². The van der Waals surface area contributed by atoms with Crippen molar-refractivity contribution in [1.29, 1.82) is 0 Å². The van der Waals surface area contributed by atoms with E-state index in [-0.39, 0.29) is 0 Å². The molecule has 0 saturated heterocycles. The molecule has 0 fully saturated rings. The topological polar surface area (TPSA) is 37.8 Å². The number of halogens is 1. The molecule has 3 nitrogen and oxygen atoms in total. The summed E-state index contributed by atoms with van der Waals surface area (Å²) in [5.41, 5.74) is 3.32. The van der Waals surface area contributed by atoms with Crippen molar-refractivity contribution >= 4 is 54.9 Å². The molecule has 102 valence electrons. The van der Waals surface area contributed by atoms with Crippen molar-refractivity contribution in [3.05, 3.63) is 46.7 Å². The number of aromatic nitrogens is 2. The lowest BCUT2D eigenvalue weighted by Crippen LogP contribution is -1.99. The molecule has 20 heavy (non-hydrogen) atoms. The van der Waals surface area contributed by atoms with Crippen LogP contribution in [0.2, 0.25) is 0 Å². The average molecular weight is 366 g/mol. The van der Waals surface area contributed by atoms with E-state index in [0.717, 1.165) is 32.1 Å². The Bertz CT molecular complexity index is 742. The molecule has 0 bridgehead atoms. The molecule has 0 radical (unpaired) electrons. The highest BCUT2D eigenvalue weighted by Crippen LogP contribution is 2.30. The average Bonchev–Trinajstić information content (AvgIpc) is 2.87. The zero-order valence-corrected chi connectivity index (χ0v) is 14.0. The van der Waals surface area contributed by atoms with Gasteiger partial charge in [-0.1, -0.05) is 11.8 Å². The minimum Gasteiger partial charge on any atom is -0.381 e. The van der Waals surface area contributed by atoms with Gasteiger partial charge in [0.15, 0.2) is 4.34 Å². The van der Waals surface area contributed by atoms with Crippen molar-refractivity contribution in [2.45, 2.75) is 10.9 Å². The molecule has 3 aromatic rings. The van der Waals surface area contributed by atoms with Gasteiger partial charge in [0.2, 0.25) is 0 Å². The summed E-state index contributed by atoms with van der Waals surface area (Å²) in [6.45, 7) is 0.756. The summed E-state index contributed by atoms with van der Waals surface area (Å²) < 4.78 is 3.32. The Morgan fingerprint density at radius 1 is 1.30 bits per heavy atom. The molecule has 0 atom stereocenters. The highest BCUT2D eigenvalue weighted by atomic mass is 79.9. The van der Waals surface area contributed by atoms with E-state index in [1.807, 2.05) is 6.20 Å². The number of fused-ring (bicyclic) bond motifs is 1. The molecule has 0 aliphatic rings. The maximum Gasteiger partial charge on any atom is 0.150 e. The van der Waals surface area contributed by atoms with Crippen molar-refractivity contribution in [2.75, 3.05) is 11.6 Å². The van der Waals surface area contributed by atoms with Crippen LogP contribution in [0.1, 0.15) is 5.56 Å². The first-order chi connectivity index (χ1) is 9.74. The van der Waals surface area contributed by atoms with Gasteiger partial charge in [-0.15, -0.1) is 11.3 Å². The van der Waals surface area contributed by atoms with Gasteiger partial charge in [-0.3, -0.25) is 4.98 Å². The lowest BCUT2D eigenvalue weighted by Gasteiger charge is -2.06. The van der Waals surface area contributed by atoms with Crippen LogP contribution in [0.3, 0.4) is 0 Å². The lowest BCUT2D eigenvalue weighted by atomic mass is 10.2. The number of benzene rings is 1. The Hall–Kier alpha value is -1.11. The minimum atomic E-state index is 0.756. The summed E-state index contributed by atoms with van der Waals surface area (Å²) in [6, 6.07) is 8.35. The first-order valence-electron chi connectivity index (χ1n) is 6.02. The van der Waals surface area contributed by atoms with E-state index in [0.29, 0.717) is 0 Å². The molecule has 3 rings (SSSR count). The Kier molecular flexibility index (Phi) is 4.24. The lowest BCUT2D eigenvalue weighted by molar-refractivity contribution is 1.11. The maximum atomic E-state index is 4.54. The summed E-state index contributed by atoms with van der Waals surface area (Å²) in [5, 5.41) is 3.42. The predicted octanol–water partition coefficient (Wildman–Crippen LogP) is 4.79. The number of hydrogen-bond donors (Lipinski definition) is 1. The monoisotopic (exact) mass is 365 g/mol. The van der Waals surface area contributed by atoms with E-state index >= 15 is 0 Å². The summed E-state index contributed by atoms with van der Waals surface area (Å²) in [4.78, 5) is 8.70. The molecular weight excluding hydrogens is 354 g/mol. The van der Waals surface area contributed by atoms with Crippen LogP contribution < -0.4 is 5.32 Å². The second-order valence-electron chi connectivity index (χ2n) is 4.23. The summed E-state index contributed by atoms with van der Waals surface area (Å²) in [5.74, 6) is 0. The van der Waals surface area contributed by atoms with Crippen LogP contribution in [0, 0.1) is 0 Å². The van der Waals surface area contributed by atoms with Crippen LogP contribution in [0.4, 0.5) is 5.69 Å². The molecule has 2 heterocycles. The van der Waals surface area contributed by atoms with Gasteiger partial charge in [0.05, 0.1) is 10.2 Å². The molecule has 1 N–H and O–H groups in total. The fourth-order valence-corrected chi connectivity index (χ4v) is 3.80.